The zero-order chi connectivity index (χ0) is 20.4. The summed E-state index contributed by atoms with van der Waals surface area (Å²) in [6, 6.07) is 16.2. The molecule has 7 heteroatoms. The first-order chi connectivity index (χ1) is 14.0. The average molecular weight is 394 g/mol. The number of nitrogens with zero attached hydrogens (tertiary/aromatic N) is 1. The SMILES string of the molecule is O=C(Nc1ccc2c(c1)OCC(=O)N2Cc1ccc(F)cc1)c1cccc(F)c1. The van der Waals surface area contributed by atoms with Gasteiger partial charge in [-0.25, -0.2) is 8.78 Å². The largest absolute Gasteiger partial charge is 0.481 e. The van der Waals surface area contributed by atoms with Crippen LogP contribution >= 0.6 is 0 Å². The highest BCUT2D eigenvalue weighted by atomic mass is 19.1. The molecule has 0 fully saturated rings. The normalized spacial score (nSPS) is 12.9. The van der Waals surface area contributed by atoms with E-state index in [1.165, 1.54) is 30.3 Å². The maximum Gasteiger partial charge on any atom is 0.265 e. The van der Waals surface area contributed by atoms with E-state index in [4.69, 9.17) is 4.74 Å². The van der Waals surface area contributed by atoms with E-state index in [0.29, 0.717) is 17.1 Å². The number of anilines is 2. The summed E-state index contributed by atoms with van der Waals surface area (Å²) in [6.45, 7) is 0.125. The average Bonchev–Trinajstić information content (AvgIpc) is 2.71. The second-order valence-electron chi connectivity index (χ2n) is 6.54. The molecule has 0 spiro atoms. The van der Waals surface area contributed by atoms with Gasteiger partial charge in [0.2, 0.25) is 0 Å². The molecular weight excluding hydrogens is 378 g/mol. The van der Waals surface area contributed by atoms with E-state index in [2.05, 4.69) is 5.32 Å². The highest BCUT2D eigenvalue weighted by molar-refractivity contribution is 6.05. The summed E-state index contributed by atoms with van der Waals surface area (Å²) < 4.78 is 31.9. The predicted molar refractivity (Wildman–Crippen MR) is 104 cm³/mol. The molecule has 0 atom stereocenters. The van der Waals surface area contributed by atoms with Gasteiger partial charge < -0.3 is 15.0 Å². The fraction of sp³-hybridized carbons (Fsp3) is 0.0909. The molecule has 1 N–H and O–H groups in total. The van der Waals surface area contributed by atoms with Gasteiger partial charge in [0.25, 0.3) is 11.8 Å². The third kappa shape index (κ3) is 4.08. The number of benzene rings is 3. The maximum atomic E-state index is 13.3. The molecule has 0 aromatic heterocycles. The molecule has 0 saturated carbocycles. The number of carbonyl (C=O) groups excluding carboxylic acids is 2. The van der Waals surface area contributed by atoms with Gasteiger partial charge in [0, 0.05) is 17.3 Å². The molecule has 4 rings (SSSR count). The standard InChI is InChI=1S/C22H16F2N2O3/c23-16-6-4-14(5-7-16)12-26-19-9-8-18(11-20(19)29-13-21(26)27)25-22(28)15-2-1-3-17(24)10-15/h1-11H,12-13H2,(H,25,28). The van der Waals surface area contributed by atoms with E-state index in [-0.39, 0.29) is 30.4 Å². The molecule has 29 heavy (non-hydrogen) atoms. The van der Waals surface area contributed by atoms with Crippen LogP contribution in [0.3, 0.4) is 0 Å². The Morgan fingerprint density at radius 3 is 2.55 bits per heavy atom. The Bertz CT molecular complexity index is 1080. The van der Waals surface area contributed by atoms with Gasteiger partial charge in [-0.3, -0.25) is 9.59 Å². The summed E-state index contributed by atoms with van der Waals surface area (Å²) in [7, 11) is 0. The van der Waals surface area contributed by atoms with Gasteiger partial charge in [0.15, 0.2) is 6.61 Å². The highest BCUT2D eigenvalue weighted by Gasteiger charge is 2.26. The topological polar surface area (TPSA) is 58.6 Å². The van der Waals surface area contributed by atoms with E-state index in [1.807, 2.05) is 0 Å². The summed E-state index contributed by atoms with van der Waals surface area (Å²) >= 11 is 0. The number of nitrogens with one attached hydrogen (secondary N) is 1. The van der Waals surface area contributed by atoms with Crippen LogP contribution < -0.4 is 15.0 Å². The summed E-state index contributed by atoms with van der Waals surface area (Å²) in [5.74, 6) is -1.09. The number of fused-ring (bicyclic) bond motifs is 1. The summed E-state index contributed by atoms with van der Waals surface area (Å²) in [5.41, 5.74) is 1.97. The van der Waals surface area contributed by atoms with Crippen LogP contribution in [-0.4, -0.2) is 18.4 Å². The molecule has 3 aromatic rings. The molecule has 2 amide bonds. The Morgan fingerprint density at radius 1 is 1.00 bits per heavy atom. The smallest absolute Gasteiger partial charge is 0.265 e. The number of hydrogen-bond donors (Lipinski definition) is 1. The van der Waals surface area contributed by atoms with E-state index in [0.717, 1.165) is 11.6 Å². The Hall–Kier alpha value is -3.74. The van der Waals surface area contributed by atoms with E-state index < -0.39 is 11.7 Å². The summed E-state index contributed by atoms with van der Waals surface area (Å²) in [5, 5.41) is 2.69. The predicted octanol–water partition coefficient (Wildman–Crippen LogP) is 4.14. The first-order valence-corrected chi connectivity index (χ1v) is 8.88. The van der Waals surface area contributed by atoms with Gasteiger partial charge in [0.1, 0.15) is 17.4 Å². The van der Waals surface area contributed by atoms with Crippen LogP contribution in [0.15, 0.2) is 66.7 Å². The minimum absolute atomic E-state index is 0.143. The number of amides is 2. The van der Waals surface area contributed by atoms with Crippen LogP contribution in [0.4, 0.5) is 20.2 Å². The van der Waals surface area contributed by atoms with Gasteiger partial charge in [-0.05, 0) is 48.0 Å². The number of halogens is 2. The summed E-state index contributed by atoms with van der Waals surface area (Å²) in [6.07, 6.45) is 0. The fourth-order valence-corrected chi connectivity index (χ4v) is 3.06. The van der Waals surface area contributed by atoms with Crippen LogP contribution in [0.25, 0.3) is 0 Å². The molecule has 0 unspecified atom stereocenters. The van der Waals surface area contributed by atoms with Crippen molar-refractivity contribution in [2.24, 2.45) is 0 Å². The molecule has 1 aliphatic heterocycles. The molecule has 3 aromatic carbocycles. The molecule has 5 nitrogen and oxygen atoms in total. The Morgan fingerprint density at radius 2 is 1.79 bits per heavy atom. The van der Waals surface area contributed by atoms with Crippen molar-refractivity contribution in [2.75, 3.05) is 16.8 Å². The van der Waals surface area contributed by atoms with Crippen LogP contribution in [-0.2, 0) is 11.3 Å². The molecule has 0 radical (unpaired) electrons. The zero-order valence-corrected chi connectivity index (χ0v) is 15.2. The minimum Gasteiger partial charge on any atom is -0.481 e. The van der Waals surface area contributed by atoms with Crippen LogP contribution in [0.5, 0.6) is 5.75 Å². The van der Waals surface area contributed by atoms with Crippen molar-refractivity contribution in [1.82, 2.24) is 0 Å². The van der Waals surface area contributed by atoms with E-state index in [9.17, 15) is 18.4 Å². The molecule has 0 saturated heterocycles. The third-order valence-electron chi connectivity index (χ3n) is 4.50. The first kappa shape index (κ1) is 18.6. The van der Waals surface area contributed by atoms with Crippen molar-refractivity contribution in [1.29, 1.82) is 0 Å². The van der Waals surface area contributed by atoms with Crippen molar-refractivity contribution in [2.45, 2.75) is 6.54 Å². The molecular formula is C22H16F2N2O3. The van der Waals surface area contributed by atoms with Crippen molar-refractivity contribution in [3.8, 4) is 5.75 Å². The molecule has 1 heterocycles. The number of hydrogen-bond acceptors (Lipinski definition) is 3. The van der Waals surface area contributed by atoms with Gasteiger partial charge >= 0.3 is 0 Å². The van der Waals surface area contributed by atoms with Gasteiger partial charge in [-0.2, -0.15) is 0 Å². The fourth-order valence-electron chi connectivity index (χ4n) is 3.06. The lowest BCUT2D eigenvalue weighted by molar-refractivity contribution is -0.121. The van der Waals surface area contributed by atoms with Crippen molar-refractivity contribution in [3.05, 3.63) is 89.5 Å². The lowest BCUT2D eigenvalue weighted by atomic mass is 10.1. The van der Waals surface area contributed by atoms with Crippen LogP contribution in [0.1, 0.15) is 15.9 Å². The molecule has 1 aliphatic rings. The quantitative estimate of drug-likeness (QED) is 0.724. The van der Waals surface area contributed by atoms with Crippen molar-refractivity contribution < 1.29 is 23.1 Å². The van der Waals surface area contributed by atoms with Gasteiger partial charge in [-0.1, -0.05) is 18.2 Å². The van der Waals surface area contributed by atoms with Crippen molar-refractivity contribution in [3.63, 3.8) is 0 Å². The molecule has 0 bridgehead atoms. The zero-order valence-electron chi connectivity index (χ0n) is 15.2. The van der Waals surface area contributed by atoms with E-state index >= 15 is 0 Å². The monoisotopic (exact) mass is 394 g/mol. The second kappa shape index (κ2) is 7.71. The highest BCUT2D eigenvalue weighted by Crippen LogP contribution is 2.35. The lowest BCUT2D eigenvalue weighted by Gasteiger charge is -2.29. The summed E-state index contributed by atoms with van der Waals surface area (Å²) in [4.78, 5) is 26.2. The number of carbonyl (C=O) groups is 2. The van der Waals surface area contributed by atoms with Gasteiger partial charge in [0.05, 0.1) is 12.2 Å². The number of rotatable bonds is 4. The minimum atomic E-state index is -0.499. The van der Waals surface area contributed by atoms with E-state index in [1.54, 1.807) is 35.2 Å². The molecule has 0 aliphatic carbocycles. The lowest BCUT2D eigenvalue weighted by Crippen LogP contribution is -2.38. The third-order valence-corrected chi connectivity index (χ3v) is 4.50. The molecule has 146 valence electrons. The van der Waals surface area contributed by atoms with Crippen LogP contribution in [0, 0.1) is 11.6 Å². The van der Waals surface area contributed by atoms with Crippen LogP contribution in [0.2, 0.25) is 0 Å². The van der Waals surface area contributed by atoms with Gasteiger partial charge in [-0.15, -0.1) is 0 Å². The Balaban J connectivity index is 1.55. The maximum absolute atomic E-state index is 13.3. The Kier molecular flexibility index (Phi) is 4.95. The number of ether oxygens (including phenoxy) is 1. The van der Waals surface area contributed by atoms with Crippen molar-refractivity contribution >= 4 is 23.2 Å². The second-order valence-corrected chi connectivity index (χ2v) is 6.54. The Labute approximate surface area is 165 Å². The first-order valence-electron chi connectivity index (χ1n) is 8.88.